The van der Waals surface area contributed by atoms with E-state index in [2.05, 4.69) is 5.32 Å². The molecule has 1 N–H and O–H groups in total. The van der Waals surface area contributed by atoms with Gasteiger partial charge in [0.2, 0.25) is 5.91 Å². The molecule has 34 heavy (non-hydrogen) atoms. The summed E-state index contributed by atoms with van der Waals surface area (Å²) in [5.74, 6) is -0.340. The normalized spacial score (nSPS) is 12.4. The van der Waals surface area contributed by atoms with Crippen LogP contribution >= 0.6 is 0 Å². The molecule has 0 fully saturated rings. The zero-order valence-electron chi connectivity index (χ0n) is 19.6. The third kappa shape index (κ3) is 7.44. The van der Waals surface area contributed by atoms with Gasteiger partial charge in [0.15, 0.2) is 6.61 Å². The Bertz CT molecular complexity index is 1040. The number of benzene rings is 3. The molecule has 0 aliphatic heterocycles. The van der Waals surface area contributed by atoms with Crippen molar-refractivity contribution < 1.29 is 18.7 Å². The molecule has 178 valence electrons. The van der Waals surface area contributed by atoms with E-state index in [1.807, 2.05) is 62.4 Å². The average Bonchev–Trinajstić information content (AvgIpc) is 2.87. The summed E-state index contributed by atoms with van der Waals surface area (Å²) in [6.45, 7) is 3.87. The quantitative estimate of drug-likeness (QED) is 0.447. The first kappa shape index (κ1) is 25.0. The van der Waals surface area contributed by atoms with Gasteiger partial charge in [-0.15, -0.1) is 0 Å². The number of hydrogen-bond acceptors (Lipinski definition) is 3. The van der Waals surface area contributed by atoms with Gasteiger partial charge in [-0.25, -0.2) is 4.39 Å². The van der Waals surface area contributed by atoms with Crippen LogP contribution in [-0.4, -0.2) is 35.4 Å². The lowest BCUT2D eigenvalue weighted by Crippen LogP contribution is -2.53. The number of rotatable bonds is 11. The highest BCUT2D eigenvalue weighted by Gasteiger charge is 2.31. The van der Waals surface area contributed by atoms with E-state index in [4.69, 9.17) is 4.74 Å². The highest BCUT2D eigenvalue weighted by Crippen LogP contribution is 2.17. The largest absolute Gasteiger partial charge is 0.484 e. The van der Waals surface area contributed by atoms with E-state index in [9.17, 15) is 14.0 Å². The van der Waals surface area contributed by atoms with Crippen LogP contribution in [0.25, 0.3) is 0 Å². The summed E-state index contributed by atoms with van der Waals surface area (Å²) in [6.07, 6.45) is 1.12. The van der Waals surface area contributed by atoms with Gasteiger partial charge in [0.05, 0.1) is 0 Å². The molecule has 6 heteroatoms. The minimum absolute atomic E-state index is 0.0332. The number of nitrogens with zero attached hydrogens (tertiary/aromatic N) is 1. The van der Waals surface area contributed by atoms with E-state index >= 15 is 0 Å². The highest BCUT2D eigenvalue weighted by atomic mass is 19.1. The molecule has 3 aromatic rings. The van der Waals surface area contributed by atoms with E-state index in [-0.39, 0.29) is 36.8 Å². The molecule has 0 spiro atoms. The number of para-hydroxylation sites is 1. The monoisotopic (exact) mass is 462 g/mol. The number of amides is 2. The Balaban J connectivity index is 1.90. The third-order valence-electron chi connectivity index (χ3n) is 5.64. The number of nitrogens with one attached hydrogen (secondary N) is 1. The third-order valence-corrected chi connectivity index (χ3v) is 5.64. The predicted octanol–water partition coefficient (Wildman–Crippen LogP) is 4.76. The first-order valence-electron chi connectivity index (χ1n) is 11.5. The summed E-state index contributed by atoms with van der Waals surface area (Å²) in [7, 11) is 0. The maximum Gasteiger partial charge on any atom is 0.261 e. The van der Waals surface area contributed by atoms with Gasteiger partial charge in [-0.05, 0) is 48.7 Å². The second-order valence-corrected chi connectivity index (χ2v) is 8.27. The smallest absolute Gasteiger partial charge is 0.261 e. The average molecular weight is 463 g/mol. The van der Waals surface area contributed by atoms with Crippen LogP contribution in [0.2, 0.25) is 0 Å². The van der Waals surface area contributed by atoms with Crippen molar-refractivity contribution >= 4 is 11.8 Å². The Morgan fingerprint density at radius 3 is 2.15 bits per heavy atom. The molecule has 0 heterocycles. The molecule has 2 atom stereocenters. The van der Waals surface area contributed by atoms with Gasteiger partial charge in [0.1, 0.15) is 17.6 Å². The van der Waals surface area contributed by atoms with Gasteiger partial charge in [0, 0.05) is 19.0 Å². The van der Waals surface area contributed by atoms with Gasteiger partial charge >= 0.3 is 0 Å². The molecule has 3 aromatic carbocycles. The van der Waals surface area contributed by atoms with Gasteiger partial charge in [0.25, 0.3) is 5.91 Å². The zero-order valence-corrected chi connectivity index (χ0v) is 19.6. The fourth-order valence-electron chi connectivity index (χ4n) is 3.53. The minimum Gasteiger partial charge on any atom is -0.484 e. The Kier molecular flexibility index (Phi) is 9.21. The number of carbonyl (C=O) groups is 2. The van der Waals surface area contributed by atoms with Crippen LogP contribution in [0.5, 0.6) is 5.75 Å². The van der Waals surface area contributed by atoms with E-state index in [0.717, 1.165) is 17.5 Å². The summed E-state index contributed by atoms with van der Waals surface area (Å²) >= 11 is 0. The highest BCUT2D eigenvalue weighted by molar-refractivity contribution is 5.88. The van der Waals surface area contributed by atoms with Crippen molar-refractivity contribution in [1.82, 2.24) is 10.2 Å². The molecular formula is C28H31FN2O3. The van der Waals surface area contributed by atoms with Crippen molar-refractivity contribution in [3.8, 4) is 5.75 Å². The van der Waals surface area contributed by atoms with Crippen LogP contribution in [0.4, 0.5) is 4.39 Å². The van der Waals surface area contributed by atoms with Gasteiger partial charge < -0.3 is 15.0 Å². The molecule has 3 rings (SSSR count). The molecule has 0 radical (unpaired) electrons. The molecule has 0 unspecified atom stereocenters. The second-order valence-electron chi connectivity index (χ2n) is 8.27. The van der Waals surface area contributed by atoms with Gasteiger partial charge in [-0.1, -0.05) is 67.6 Å². The molecule has 0 saturated heterocycles. The summed E-state index contributed by atoms with van der Waals surface area (Å²) < 4.78 is 19.2. The molecule has 2 amide bonds. The number of halogens is 1. The molecular weight excluding hydrogens is 431 g/mol. The van der Waals surface area contributed by atoms with E-state index in [1.165, 1.54) is 17.0 Å². The minimum atomic E-state index is -0.756. The molecule has 0 aliphatic rings. The fourth-order valence-corrected chi connectivity index (χ4v) is 3.53. The van der Waals surface area contributed by atoms with E-state index < -0.39 is 6.04 Å². The van der Waals surface area contributed by atoms with Crippen LogP contribution in [-0.2, 0) is 22.6 Å². The fraction of sp³-hybridized carbons (Fsp3) is 0.286. The zero-order chi connectivity index (χ0) is 24.3. The van der Waals surface area contributed by atoms with Crippen LogP contribution in [0, 0.1) is 5.82 Å². The standard InChI is InChI=1S/C28H31FN2O3/c1-3-21(2)30-28(33)26(18-22-10-6-4-7-11-22)31(19-23-14-16-24(29)17-15-23)27(32)20-34-25-12-8-5-9-13-25/h4-17,21,26H,3,18-20H2,1-2H3,(H,30,33)/t21-,26+/m0/s1. The van der Waals surface area contributed by atoms with Crippen LogP contribution in [0.1, 0.15) is 31.4 Å². The summed E-state index contributed by atoms with van der Waals surface area (Å²) in [5, 5.41) is 3.02. The summed E-state index contributed by atoms with van der Waals surface area (Å²) in [6, 6.07) is 23.8. The van der Waals surface area contributed by atoms with E-state index in [1.54, 1.807) is 24.3 Å². The number of carbonyl (C=O) groups excluding carboxylic acids is 2. The van der Waals surface area contributed by atoms with Crippen molar-refractivity contribution in [3.63, 3.8) is 0 Å². The van der Waals surface area contributed by atoms with E-state index in [0.29, 0.717) is 12.2 Å². The maximum atomic E-state index is 13.5. The van der Waals surface area contributed by atoms with Crippen LogP contribution in [0.15, 0.2) is 84.9 Å². The van der Waals surface area contributed by atoms with Crippen molar-refractivity contribution in [2.75, 3.05) is 6.61 Å². The van der Waals surface area contributed by atoms with Gasteiger partial charge in [-0.3, -0.25) is 9.59 Å². The lowest BCUT2D eigenvalue weighted by atomic mass is 10.0. The van der Waals surface area contributed by atoms with Crippen molar-refractivity contribution in [2.24, 2.45) is 0 Å². The Morgan fingerprint density at radius 2 is 1.53 bits per heavy atom. The van der Waals surface area contributed by atoms with Crippen molar-refractivity contribution in [2.45, 2.75) is 45.3 Å². The SMILES string of the molecule is CC[C@H](C)NC(=O)[C@@H](Cc1ccccc1)N(Cc1ccc(F)cc1)C(=O)COc1ccccc1. The molecule has 0 bridgehead atoms. The van der Waals surface area contributed by atoms with Crippen molar-refractivity contribution in [3.05, 3.63) is 102 Å². The molecule has 0 saturated carbocycles. The number of ether oxygens (including phenoxy) is 1. The van der Waals surface area contributed by atoms with Crippen LogP contribution < -0.4 is 10.1 Å². The first-order chi connectivity index (χ1) is 16.5. The lowest BCUT2D eigenvalue weighted by molar-refractivity contribution is -0.143. The first-order valence-corrected chi connectivity index (χ1v) is 11.5. The lowest BCUT2D eigenvalue weighted by Gasteiger charge is -2.32. The number of hydrogen-bond donors (Lipinski definition) is 1. The summed E-state index contributed by atoms with van der Waals surface area (Å²) in [4.78, 5) is 28.3. The van der Waals surface area contributed by atoms with Gasteiger partial charge in [-0.2, -0.15) is 0 Å². The molecule has 0 aliphatic carbocycles. The Hall–Kier alpha value is -3.67. The topological polar surface area (TPSA) is 58.6 Å². The van der Waals surface area contributed by atoms with Crippen molar-refractivity contribution in [1.29, 1.82) is 0 Å². The Morgan fingerprint density at radius 1 is 0.912 bits per heavy atom. The summed E-state index contributed by atoms with van der Waals surface area (Å²) in [5.41, 5.74) is 1.66. The molecule has 0 aromatic heterocycles. The Labute approximate surface area is 200 Å². The van der Waals surface area contributed by atoms with Crippen LogP contribution in [0.3, 0.4) is 0 Å². The maximum absolute atomic E-state index is 13.5. The second kappa shape index (κ2) is 12.5. The predicted molar refractivity (Wildman–Crippen MR) is 131 cm³/mol. The molecule has 5 nitrogen and oxygen atoms in total.